The molecule has 2 aromatic rings. The first-order valence-electron chi connectivity index (χ1n) is 7.39. The van der Waals surface area contributed by atoms with Gasteiger partial charge in [-0.1, -0.05) is 20.8 Å². The molecule has 0 bridgehead atoms. The average molecular weight is 319 g/mol. The van der Waals surface area contributed by atoms with Crippen molar-refractivity contribution in [2.24, 2.45) is 12.0 Å². The van der Waals surface area contributed by atoms with Crippen LogP contribution < -0.4 is 10.6 Å². The second kappa shape index (κ2) is 6.96. The van der Waals surface area contributed by atoms with E-state index in [-0.39, 0.29) is 5.41 Å². The summed E-state index contributed by atoms with van der Waals surface area (Å²) < 4.78 is 2.04. The Bertz CT molecular complexity index is 633. The summed E-state index contributed by atoms with van der Waals surface area (Å²) in [5.41, 5.74) is 2.47. The number of nitrogens with one attached hydrogen (secondary N) is 2. The van der Waals surface area contributed by atoms with Crippen LogP contribution in [0, 0.1) is 0 Å². The van der Waals surface area contributed by atoms with Crippen LogP contribution in [0.2, 0.25) is 0 Å². The Hall–Kier alpha value is -1.82. The second-order valence-corrected chi connectivity index (χ2v) is 7.28. The summed E-state index contributed by atoms with van der Waals surface area (Å²) in [5, 5.41) is 9.83. The highest BCUT2D eigenvalue weighted by Crippen LogP contribution is 2.23. The van der Waals surface area contributed by atoms with Crippen LogP contribution in [0.4, 0.5) is 0 Å². The van der Waals surface area contributed by atoms with Gasteiger partial charge in [0.2, 0.25) is 0 Å². The lowest BCUT2D eigenvalue weighted by Gasteiger charge is -2.14. The lowest BCUT2D eigenvalue weighted by molar-refractivity contribution is 0.570. The van der Waals surface area contributed by atoms with Gasteiger partial charge in [-0.05, 0) is 11.6 Å². The molecule has 2 heterocycles. The largest absolute Gasteiger partial charge is 0.357 e. The van der Waals surface area contributed by atoms with E-state index in [1.165, 1.54) is 5.56 Å². The summed E-state index contributed by atoms with van der Waals surface area (Å²) in [6.07, 6.45) is 4.13. The third-order valence-electron chi connectivity index (χ3n) is 3.30. The van der Waals surface area contributed by atoms with E-state index in [1.807, 2.05) is 17.8 Å². The molecule has 2 rings (SSSR count). The van der Waals surface area contributed by atoms with Gasteiger partial charge in [-0.2, -0.15) is 0 Å². The number of aromatic nitrogens is 2. The zero-order valence-electron chi connectivity index (χ0n) is 14.0. The average Bonchev–Trinajstić information content (AvgIpc) is 3.07. The minimum absolute atomic E-state index is 0.0992. The molecule has 0 fully saturated rings. The molecule has 0 radical (unpaired) electrons. The van der Waals surface area contributed by atoms with Crippen molar-refractivity contribution in [1.29, 1.82) is 0 Å². The van der Waals surface area contributed by atoms with E-state index >= 15 is 0 Å². The van der Waals surface area contributed by atoms with Gasteiger partial charge in [0, 0.05) is 43.8 Å². The Kier molecular flexibility index (Phi) is 5.24. The van der Waals surface area contributed by atoms with Gasteiger partial charge in [0.1, 0.15) is 5.01 Å². The molecule has 0 saturated carbocycles. The highest BCUT2D eigenvalue weighted by atomic mass is 32.1. The molecule has 0 aliphatic rings. The lowest BCUT2D eigenvalue weighted by Crippen LogP contribution is -2.36. The zero-order valence-corrected chi connectivity index (χ0v) is 14.8. The first-order chi connectivity index (χ1) is 10.4. The normalized spacial score (nSPS) is 12.5. The van der Waals surface area contributed by atoms with E-state index in [0.29, 0.717) is 6.54 Å². The topological polar surface area (TPSA) is 54.2 Å². The van der Waals surface area contributed by atoms with Crippen molar-refractivity contribution in [3.8, 4) is 0 Å². The Morgan fingerprint density at radius 2 is 2.05 bits per heavy atom. The highest BCUT2D eigenvalue weighted by molar-refractivity contribution is 7.09. The van der Waals surface area contributed by atoms with Crippen molar-refractivity contribution < 1.29 is 0 Å². The number of rotatable bonds is 4. The molecule has 0 amide bonds. The fourth-order valence-corrected chi connectivity index (χ4v) is 2.93. The third kappa shape index (κ3) is 4.59. The van der Waals surface area contributed by atoms with E-state index in [2.05, 4.69) is 59.0 Å². The van der Waals surface area contributed by atoms with Crippen molar-refractivity contribution in [3.63, 3.8) is 0 Å². The number of hydrogen-bond donors (Lipinski definition) is 2. The fraction of sp³-hybridized carbons (Fsp3) is 0.500. The molecule has 0 aliphatic heterocycles. The van der Waals surface area contributed by atoms with Gasteiger partial charge in [-0.25, -0.2) is 4.98 Å². The van der Waals surface area contributed by atoms with E-state index < -0.39 is 0 Å². The summed E-state index contributed by atoms with van der Waals surface area (Å²) in [7, 11) is 3.80. The van der Waals surface area contributed by atoms with Crippen molar-refractivity contribution >= 4 is 17.3 Å². The molecule has 0 aromatic carbocycles. The molecule has 0 saturated heterocycles. The minimum Gasteiger partial charge on any atom is -0.357 e. The van der Waals surface area contributed by atoms with Crippen molar-refractivity contribution in [2.45, 2.75) is 39.3 Å². The maximum Gasteiger partial charge on any atom is 0.191 e. The van der Waals surface area contributed by atoms with Crippen LogP contribution in [0.5, 0.6) is 0 Å². The van der Waals surface area contributed by atoms with Crippen LogP contribution in [0.15, 0.2) is 28.8 Å². The van der Waals surface area contributed by atoms with Gasteiger partial charge in [-0.3, -0.25) is 4.99 Å². The molecule has 5 nitrogen and oxygen atoms in total. The number of thiazole rings is 1. The smallest absolute Gasteiger partial charge is 0.191 e. The van der Waals surface area contributed by atoms with E-state index in [9.17, 15) is 0 Å². The predicted octanol–water partition coefficient (Wildman–Crippen LogP) is 2.64. The van der Waals surface area contributed by atoms with Gasteiger partial charge >= 0.3 is 0 Å². The van der Waals surface area contributed by atoms with Crippen molar-refractivity contribution in [1.82, 2.24) is 20.2 Å². The van der Waals surface area contributed by atoms with E-state index in [4.69, 9.17) is 0 Å². The standard InChI is InChI=1S/C16H25N5S/c1-16(2,3)13-11-22-14(20-13)9-19-15(17-4)18-8-12-6-7-21(5)10-12/h6-7,10-11H,8-9H2,1-5H3,(H2,17,18,19). The quantitative estimate of drug-likeness (QED) is 0.673. The minimum atomic E-state index is 0.0992. The Labute approximate surface area is 136 Å². The van der Waals surface area contributed by atoms with Gasteiger partial charge in [0.15, 0.2) is 5.96 Å². The molecule has 0 unspecified atom stereocenters. The summed E-state index contributed by atoms with van der Waals surface area (Å²) in [6.45, 7) is 7.99. The summed E-state index contributed by atoms with van der Waals surface area (Å²) in [4.78, 5) is 8.92. The van der Waals surface area contributed by atoms with Crippen LogP contribution in [0.3, 0.4) is 0 Å². The number of nitrogens with zero attached hydrogens (tertiary/aromatic N) is 3. The lowest BCUT2D eigenvalue weighted by atomic mass is 9.93. The first-order valence-corrected chi connectivity index (χ1v) is 8.26. The molecule has 0 spiro atoms. The molecule has 0 aliphatic carbocycles. The Morgan fingerprint density at radius 1 is 1.32 bits per heavy atom. The maximum absolute atomic E-state index is 4.68. The fourth-order valence-electron chi connectivity index (χ4n) is 1.97. The van der Waals surface area contributed by atoms with Crippen LogP contribution in [-0.4, -0.2) is 22.6 Å². The van der Waals surface area contributed by atoms with Gasteiger partial charge < -0.3 is 15.2 Å². The molecule has 0 atom stereocenters. The maximum atomic E-state index is 4.68. The molecular weight excluding hydrogens is 294 g/mol. The van der Waals surface area contributed by atoms with E-state index in [0.717, 1.165) is 23.2 Å². The van der Waals surface area contributed by atoms with Crippen LogP contribution in [0.1, 0.15) is 37.0 Å². The van der Waals surface area contributed by atoms with Crippen LogP contribution >= 0.6 is 11.3 Å². The summed E-state index contributed by atoms with van der Waals surface area (Å²) in [5.74, 6) is 0.788. The number of guanidine groups is 1. The summed E-state index contributed by atoms with van der Waals surface area (Å²) in [6, 6.07) is 2.09. The SMILES string of the molecule is CN=C(NCc1ccn(C)c1)NCc1nc(C(C)(C)C)cs1. The number of aryl methyl sites for hydroxylation is 1. The first kappa shape index (κ1) is 16.5. The van der Waals surface area contributed by atoms with Crippen molar-refractivity contribution in [2.75, 3.05) is 7.05 Å². The Balaban J connectivity index is 1.85. The molecule has 22 heavy (non-hydrogen) atoms. The van der Waals surface area contributed by atoms with E-state index in [1.54, 1.807) is 18.4 Å². The second-order valence-electron chi connectivity index (χ2n) is 6.34. The van der Waals surface area contributed by atoms with Gasteiger partial charge in [0.05, 0.1) is 12.2 Å². The number of aliphatic imine (C=N–C) groups is 1. The monoisotopic (exact) mass is 319 g/mol. The highest BCUT2D eigenvalue weighted by Gasteiger charge is 2.17. The number of hydrogen-bond acceptors (Lipinski definition) is 3. The predicted molar refractivity (Wildman–Crippen MR) is 93.3 cm³/mol. The van der Waals surface area contributed by atoms with Crippen molar-refractivity contribution in [3.05, 3.63) is 40.1 Å². The zero-order chi connectivity index (χ0) is 16.2. The molecule has 120 valence electrons. The van der Waals surface area contributed by atoms with Gasteiger partial charge in [-0.15, -0.1) is 11.3 Å². The van der Waals surface area contributed by atoms with Gasteiger partial charge in [0.25, 0.3) is 0 Å². The summed E-state index contributed by atoms with van der Waals surface area (Å²) >= 11 is 1.69. The molecular formula is C16H25N5S. The third-order valence-corrected chi connectivity index (χ3v) is 4.15. The van der Waals surface area contributed by atoms with Crippen LogP contribution in [-0.2, 0) is 25.6 Å². The molecule has 2 aromatic heterocycles. The van der Waals surface area contributed by atoms with Crippen LogP contribution in [0.25, 0.3) is 0 Å². The molecule has 6 heteroatoms. The molecule has 2 N–H and O–H groups in total. The Morgan fingerprint density at radius 3 is 2.59 bits per heavy atom.